The fourth-order valence-electron chi connectivity index (χ4n) is 2.31. The fourth-order valence-corrected chi connectivity index (χ4v) is 3.15. The van der Waals surface area contributed by atoms with Crippen LogP contribution in [0.15, 0.2) is 52.4 Å². The quantitative estimate of drug-likeness (QED) is 0.862. The van der Waals surface area contributed by atoms with Gasteiger partial charge in [0.1, 0.15) is 0 Å². The lowest BCUT2D eigenvalue weighted by Crippen LogP contribution is -2.21. The van der Waals surface area contributed by atoms with Gasteiger partial charge in [0.2, 0.25) is 0 Å². The summed E-state index contributed by atoms with van der Waals surface area (Å²) in [6.45, 7) is 4.01. The van der Waals surface area contributed by atoms with Crippen molar-refractivity contribution in [3.8, 4) is 0 Å². The summed E-state index contributed by atoms with van der Waals surface area (Å²) in [4.78, 5) is 27.9. The van der Waals surface area contributed by atoms with E-state index in [0.717, 1.165) is 22.4 Å². The van der Waals surface area contributed by atoms with Crippen LogP contribution >= 0.6 is 11.8 Å². The summed E-state index contributed by atoms with van der Waals surface area (Å²) >= 11 is 1.26. The Hall–Kier alpha value is -2.86. The Kier molecular flexibility index (Phi) is 4.72. The van der Waals surface area contributed by atoms with Gasteiger partial charge in [0.15, 0.2) is 5.17 Å². The molecule has 1 heterocycles. The van der Waals surface area contributed by atoms with Gasteiger partial charge in [0.05, 0.1) is 16.6 Å². The van der Waals surface area contributed by atoms with Crippen molar-refractivity contribution in [2.24, 2.45) is 4.99 Å². The predicted octanol–water partition coefficient (Wildman–Crippen LogP) is 2.56. The maximum absolute atomic E-state index is 12.1. The number of nitrogens with one attached hydrogen (secondary N) is 1. The molecule has 2 aromatic rings. The van der Waals surface area contributed by atoms with Gasteiger partial charge in [0, 0.05) is 0 Å². The van der Waals surface area contributed by atoms with E-state index in [1.807, 2.05) is 32.0 Å². The van der Waals surface area contributed by atoms with Crippen LogP contribution < -0.4 is 10.4 Å². The van der Waals surface area contributed by atoms with Crippen LogP contribution in [0, 0.1) is 13.8 Å². The van der Waals surface area contributed by atoms with Gasteiger partial charge in [-0.25, -0.2) is 4.99 Å². The molecule has 0 aromatic heterocycles. The highest BCUT2D eigenvalue weighted by Gasteiger charge is 2.24. The van der Waals surface area contributed by atoms with Gasteiger partial charge in [-0.05, 0) is 60.0 Å². The van der Waals surface area contributed by atoms with Gasteiger partial charge in [0.25, 0.3) is 5.91 Å². The van der Waals surface area contributed by atoms with E-state index in [0.29, 0.717) is 10.1 Å². The zero-order chi connectivity index (χ0) is 18.0. The summed E-state index contributed by atoms with van der Waals surface area (Å²) in [5.74, 6) is -1.45. The van der Waals surface area contributed by atoms with E-state index in [4.69, 9.17) is 0 Å². The average Bonchev–Trinajstić information content (AvgIpc) is 2.92. The van der Waals surface area contributed by atoms with Crippen LogP contribution in [0.25, 0.3) is 6.08 Å². The highest BCUT2D eigenvalue weighted by molar-refractivity contribution is 8.18. The molecule has 126 valence electrons. The van der Waals surface area contributed by atoms with Gasteiger partial charge < -0.3 is 15.2 Å². The molecular formula is C19H15N2O3S-. The van der Waals surface area contributed by atoms with Crippen LogP contribution in [-0.2, 0) is 4.79 Å². The maximum atomic E-state index is 12.1. The number of rotatable bonds is 3. The van der Waals surface area contributed by atoms with E-state index in [-0.39, 0.29) is 11.5 Å². The zero-order valence-corrected chi connectivity index (χ0v) is 14.5. The molecule has 1 aliphatic heterocycles. The molecule has 1 fully saturated rings. The number of aliphatic imine (C=N–C) groups is 1. The molecule has 1 aliphatic rings. The third-order valence-electron chi connectivity index (χ3n) is 3.89. The Bertz CT molecular complexity index is 915. The Morgan fingerprint density at radius 1 is 1.16 bits per heavy atom. The average molecular weight is 351 g/mol. The third kappa shape index (κ3) is 3.80. The second-order valence-corrected chi connectivity index (χ2v) is 6.64. The van der Waals surface area contributed by atoms with E-state index in [2.05, 4.69) is 10.3 Å². The lowest BCUT2D eigenvalue weighted by atomic mass is 10.1. The molecule has 1 saturated heterocycles. The second-order valence-electron chi connectivity index (χ2n) is 5.61. The standard InChI is InChI=1S/C19H16N2O3S/c1-11-4-3-5-15(12(11)2)20-19-21-17(22)16(25-19)10-13-6-8-14(9-7-13)18(23)24/h3-10H,1-2H3,(H,23,24)(H,20,21,22)/p-1/b16-10-. The maximum Gasteiger partial charge on any atom is 0.264 e. The number of hydrogen-bond acceptors (Lipinski definition) is 5. The monoisotopic (exact) mass is 351 g/mol. The minimum absolute atomic E-state index is 0.0999. The molecule has 25 heavy (non-hydrogen) atoms. The number of aryl methyl sites for hydroxylation is 1. The number of carboxylic acid groups (broad SMARTS) is 1. The summed E-state index contributed by atoms with van der Waals surface area (Å²) < 4.78 is 0. The molecule has 0 atom stereocenters. The Morgan fingerprint density at radius 3 is 2.56 bits per heavy atom. The topological polar surface area (TPSA) is 81.6 Å². The number of carboxylic acids is 1. The normalized spacial score (nSPS) is 17.1. The number of thioether (sulfide) groups is 1. The first-order valence-corrected chi connectivity index (χ1v) is 8.43. The molecule has 1 N–H and O–H groups in total. The van der Waals surface area contributed by atoms with Crippen molar-refractivity contribution < 1.29 is 14.7 Å². The van der Waals surface area contributed by atoms with Crippen molar-refractivity contribution in [2.75, 3.05) is 0 Å². The van der Waals surface area contributed by atoms with Crippen molar-refractivity contribution in [1.29, 1.82) is 0 Å². The lowest BCUT2D eigenvalue weighted by molar-refractivity contribution is -0.255. The van der Waals surface area contributed by atoms with Crippen molar-refractivity contribution in [3.05, 3.63) is 69.6 Å². The van der Waals surface area contributed by atoms with E-state index < -0.39 is 5.97 Å². The number of aromatic carboxylic acids is 1. The highest BCUT2D eigenvalue weighted by atomic mass is 32.2. The summed E-state index contributed by atoms with van der Waals surface area (Å²) in [5, 5.41) is 14.0. The number of amidine groups is 1. The van der Waals surface area contributed by atoms with Crippen molar-refractivity contribution in [3.63, 3.8) is 0 Å². The molecule has 0 spiro atoms. The third-order valence-corrected chi connectivity index (χ3v) is 4.80. The Balaban J connectivity index is 1.83. The molecule has 1 amide bonds. The van der Waals surface area contributed by atoms with Crippen LogP contribution in [0.3, 0.4) is 0 Å². The van der Waals surface area contributed by atoms with Crippen molar-refractivity contribution in [2.45, 2.75) is 13.8 Å². The van der Waals surface area contributed by atoms with E-state index in [9.17, 15) is 14.7 Å². The number of nitrogens with zero attached hydrogens (tertiary/aromatic N) is 1. The van der Waals surface area contributed by atoms with Crippen LogP contribution in [0.4, 0.5) is 5.69 Å². The van der Waals surface area contributed by atoms with E-state index in [1.54, 1.807) is 18.2 Å². The molecule has 0 bridgehead atoms. The molecule has 6 heteroatoms. The molecule has 3 rings (SSSR count). The van der Waals surface area contributed by atoms with Crippen molar-refractivity contribution >= 4 is 40.6 Å². The molecular weight excluding hydrogens is 336 g/mol. The molecule has 2 aromatic carbocycles. The zero-order valence-electron chi connectivity index (χ0n) is 13.7. The predicted molar refractivity (Wildman–Crippen MR) is 97.5 cm³/mol. The van der Waals surface area contributed by atoms with Crippen LogP contribution in [0.5, 0.6) is 0 Å². The molecule has 5 nitrogen and oxygen atoms in total. The van der Waals surface area contributed by atoms with Gasteiger partial charge in [-0.15, -0.1) is 0 Å². The van der Waals surface area contributed by atoms with E-state index >= 15 is 0 Å². The molecule has 0 unspecified atom stereocenters. The SMILES string of the molecule is Cc1cccc(N=C2NC(=O)/C(=C/c3ccc(C(=O)[O-])cc3)S2)c1C. The molecule has 0 radical (unpaired) electrons. The lowest BCUT2D eigenvalue weighted by Gasteiger charge is -2.04. The number of carbonyl (C=O) groups excluding carboxylic acids is 2. The van der Waals surface area contributed by atoms with E-state index in [1.165, 1.54) is 23.9 Å². The number of amides is 1. The fraction of sp³-hybridized carbons (Fsp3) is 0.105. The minimum atomic E-state index is -1.23. The first-order chi connectivity index (χ1) is 11.9. The summed E-state index contributed by atoms with van der Waals surface area (Å²) in [6.07, 6.45) is 1.70. The Morgan fingerprint density at radius 2 is 1.88 bits per heavy atom. The van der Waals surface area contributed by atoms with Gasteiger partial charge in [-0.3, -0.25) is 4.79 Å². The minimum Gasteiger partial charge on any atom is -0.545 e. The first kappa shape index (κ1) is 17.0. The van der Waals surface area contributed by atoms with Crippen molar-refractivity contribution in [1.82, 2.24) is 5.32 Å². The Labute approximate surface area is 149 Å². The summed E-state index contributed by atoms with van der Waals surface area (Å²) in [6, 6.07) is 12.0. The summed E-state index contributed by atoms with van der Waals surface area (Å²) in [5.41, 5.74) is 3.86. The second kappa shape index (κ2) is 6.94. The van der Waals surface area contributed by atoms with Crippen LogP contribution in [-0.4, -0.2) is 17.0 Å². The molecule has 0 saturated carbocycles. The van der Waals surface area contributed by atoms with Gasteiger partial charge in [-0.1, -0.05) is 36.4 Å². The highest BCUT2D eigenvalue weighted by Crippen LogP contribution is 2.29. The largest absolute Gasteiger partial charge is 0.545 e. The smallest absolute Gasteiger partial charge is 0.264 e. The van der Waals surface area contributed by atoms with Gasteiger partial charge >= 0.3 is 0 Å². The molecule has 0 aliphatic carbocycles. The van der Waals surface area contributed by atoms with Gasteiger partial charge in [-0.2, -0.15) is 0 Å². The number of hydrogen-bond donors (Lipinski definition) is 1. The number of benzene rings is 2. The summed E-state index contributed by atoms with van der Waals surface area (Å²) in [7, 11) is 0. The van der Waals surface area contributed by atoms with Crippen LogP contribution in [0.2, 0.25) is 0 Å². The number of carbonyl (C=O) groups is 2. The van der Waals surface area contributed by atoms with Crippen LogP contribution in [0.1, 0.15) is 27.0 Å². The first-order valence-electron chi connectivity index (χ1n) is 7.61.